The van der Waals surface area contributed by atoms with Gasteiger partial charge in [0.05, 0.1) is 4.90 Å². The number of hydrogen-bond donors (Lipinski definition) is 2. The molecule has 0 aromatic heterocycles. The van der Waals surface area contributed by atoms with Gasteiger partial charge in [-0.2, -0.15) is 0 Å². The fourth-order valence-corrected chi connectivity index (χ4v) is 2.74. The van der Waals surface area contributed by atoms with Crippen LogP contribution in [0.5, 0.6) is 0 Å². The van der Waals surface area contributed by atoms with Crippen molar-refractivity contribution in [2.24, 2.45) is 5.14 Å². The first-order chi connectivity index (χ1) is 8.93. The van der Waals surface area contributed by atoms with Crippen molar-refractivity contribution in [2.75, 3.05) is 12.4 Å². The Kier molecular flexibility index (Phi) is 4.91. The number of hydrogen-bond acceptors (Lipinski definition) is 3. The second kappa shape index (κ2) is 6.04. The molecule has 5 heteroatoms. The van der Waals surface area contributed by atoms with Gasteiger partial charge in [0.2, 0.25) is 10.0 Å². The molecule has 19 heavy (non-hydrogen) atoms. The van der Waals surface area contributed by atoms with Gasteiger partial charge in [0.15, 0.2) is 0 Å². The Balaban J connectivity index is 0.000000861. The molecule has 0 amide bonds. The van der Waals surface area contributed by atoms with Crippen molar-refractivity contribution < 1.29 is 8.42 Å². The summed E-state index contributed by atoms with van der Waals surface area (Å²) in [6.45, 7) is 5.74. The van der Waals surface area contributed by atoms with E-state index in [9.17, 15) is 8.42 Å². The Hall–Kier alpha value is -1.59. The molecule has 0 spiro atoms. The number of rotatable bonds is 2. The normalized spacial score (nSPS) is 10.8. The molecule has 0 atom stereocenters. The van der Waals surface area contributed by atoms with Crippen LogP contribution >= 0.6 is 0 Å². The van der Waals surface area contributed by atoms with Gasteiger partial charge in [0, 0.05) is 18.1 Å². The average Bonchev–Trinajstić information content (AvgIpc) is 2.38. The number of fused-ring (bicyclic) bond motifs is 1. The van der Waals surface area contributed by atoms with E-state index in [2.05, 4.69) is 5.32 Å². The maximum Gasteiger partial charge on any atom is 0.238 e. The molecular formula is C14H20N2O2S. The predicted octanol–water partition coefficient (Wildman–Crippen LogP) is 2.86. The molecule has 0 unspecified atom stereocenters. The van der Waals surface area contributed by atoms with Gasteiger partial charge in [-0.15, -0.1) is 0 Å². The van der Waals surface area contributed by atoms with Crippen LogP contribution in [-0.4, -0.2) is 15.5 Å². The third-order valence-corrected chi connectivity index (χ3v) is 3.80. The molecule has 0 saturated carbocycles. The van der Waals surface area contributed by atoms with E-state index in [1.54, 1.807) is 13.0 Å². The van der Waals surface area contributed by atoms with Crippen LogP contribution in [-0.2, 0) is 10.0 Å². The Morgan fingerprint density at radius 3 is 2.32 bits per heavy atom. The summed E-state index contributed by atoms with van der Waals surface area (Å²) in [7, 11) is -1.83. The average molecular weight is 280 g/mol. The lowest BCUT2D eigenvalue weighted by atomic mass is 10.1. The number of nitrogens with two attached hydrogens (primary N) is 1. The first-order valence-electron chi connectivity index (χ1n) is 6.17. The predicted molar refractivity (Wildman–Crippen MR) is 81.0 cm³/mol. The summed E-state index contributed by atoms with van der Waals surface area (Å²) in [5, 5.41) is 10.1. The molecule has 0 bridgehead atoms. The molecule has 2 rings (SSSR count). The molecule has 2 aromatic rings. The lowest BCUT2D eigenvalue weighted by Gasteiger charge is -2.09. The number of sulfonamides is 1. The largest absolute Gasteiger partial charge is 0.388 e. The van der Waals surface area contributed by atoms with Gasteiger partial charge in [-0.3, -0.25) is 0 Å². The molecule has 0 aliphatic rings. The fourth-order valence-electron chi connectivity index (χ4n) is 1.94. The summed E-state index contributed by atoms with van der Waals surface area (Å²) in [6.07, 6.45) is 0. The van der Waals surface area contributed by atoms with Crippen molar-refractivity contribution in [2.45, 2.75) is 25.7 Å². The zero-order valence-corrected chi connectivity index (χ0v) is 12.5. The fraction of sp³-hybridized carbons (Fsp3) is 0.286. The Morgan fingerprint density at radius 2 is 1.79 bits per heavy atom. The molecule has 0 radical (unpaired) electrons. The summed E-state index contributed by atoms with van der Waals surface area (Å²) in [6, 6.07) is 9.13. The Bertz CT molecular complexity index is 679. The Labute approximate surface area is 114 Å². The van der Waals surface area contributed by atoms with Crippen LogP contribution in [0.3, 0.4) is 0 Å². The van der Waals surface area contributed by atoms with Crippen molar-refractivity contribution in [1.29, 1.82) is 0 Å². The highest BCUT2D eigenvalue weighted by Gasteiger charge is 2.13. The molecule has 0 heterocycles. The summed E-state index contributed by atoms with van der Waals surface area (Å²) >= 11 is 0. The first-order valence-corrected chi connectivity index (χ1v) is 7.72. The van der Waals surface area contributed by atoms with Crippen LogP contribution in [0.15, 0.2) is 35.2 Å². The van der Waals surface area contributed by atoms with E-state index in [0.29, 0.717) is 5.56 Å². The van der Waals surface area contributed by atoms with E-state index < -0.39 is 10.0 Å². The van der Waals surface area contributed by atoms with Gasteiger partial charge < -0.3 is 5.32 Å². The zero-order chi connectivity index (χ0) is 14.6. The number of aryl methyl sites for hydroxylation is 1. The van der Waals surface area contributed by atoms with E-state index in [-0.39, 0.29) is 4.90 Å². The van der Waals surface area contributed by atoms with Gasteiger partial charge in [0.25, 0.3) is 0 Å². The van der Waals surface area contributed by atoms with Gasteiger partial charge in [-0.05, 0) is 36.1 Å². The van der Waals surface area contributed by atoms with Crippen molar-refractivity contribution in [3.8, 4) is 0 Å². The van der Waals surface area contributed by atoms with Gasteiger partial charge >= 0.3 is 0 Å². The van der Waals surface area contributed by atoms with E-state index in [0.717, 1.165) is 16.5 Å². The monoisotopic (exact) mass is 280 g/mol. The molecular weight excluding hydrogens is 260 g/mol. The maximum absolute atomic E-state index is 11.4. The SMILES string of the molecule is CC.CNc1cccc2cc(S(N)(=O)=O)c(C)cc12. The third-order valence-electron chi connectivity index (χ3n) is 2.75. The van der Waals surface area contributed by atoms with Crippen LogP contribution in [0.1, 0.15) is 19.4 Å². The molecule has 4 nitrogen and oxygen atoms in total. The lowest BCUT2D eigenvalue weighted by Crippen LogP contribution is -2.13. The minimum absolute atomic E-state index is 0.179. The highest BCUT2D eigenvalue weighted by Crippen LogP contribution is 2.27. The maximum atomic E-state index is 11.4. The molecule has 104 valence electrons. The Morgan fingerprint density at radius 1 is 1.16 bits per heavy atom. The number of benzene rings is 2. The van der Waals surface area contributed by atoms with E-state index in [1.165, 1.54) is 0 Å². The smallest absolute Gasteiger partial charge is 0.238 e. The van der Waals surface area contributed by atoms with Crippen molar-refractivity contribution in [3.63, 3.8) is 0 Å². The van der Waals surface area contributed by atoms with E-state index >= 15 is 0 Å². The van der Waals surface area contributed by atoms with Crippen LogP contribution < -0.4 is 10.5 Å². The number of nitrogens with one attached hydrogen (secondary N) is 1. The highest BCUT2D eigenvalue weighted by atomic mass is 32.2. The second-order valence-corrected chi connectivity index (χ2v) is 5.47. The van der Waals surface area contributed by atoms with Crippen LogP contribution in [0.4, 0.5) is 5.69 Å². The van der Waals surface area contributed by atoms with Crippen molar-refractivity contribution in [1.82, 2.24) is 0 Å². The third kappa shape index (κ3) is 3.24. The van der Waals surface area contributed by atoms with Gasteiger partial charge in [-0.1, -0.05) is 26.0 Å². The quantitative estimate of drug-likeness (QED) is 0.888. The van der Waals surface area contributed by atoms with Crippen LogP contribution in [0.2, 0.25) is 0 Å². The first kappa shape index (κ1) is 15.5. The summed E-state index contributed by atoms with van der Waals surface area (Å²) < 4.78 is 22.8. The molecule has 0 aliphatic heterocycles. The molecule has 0 saturated heterocycles. The minimum atomic E-state index is -3.66. The summed E-state index contributed by atoms with van der Waals surface area (Å²) in [4.78, 5) is 0.179. The van der Waals surface area contributed by atoms with Crippen molar-refractivity contribution >= 4 is 26.5 Å². The lowest BCUT2D eigenvalue weighted by molar-refractivity contribution is 0.597. The van der Waals surface area contributed by atoms with Crippen LogP contribution in [0.25, 0.3) is 10.8 Å². The molecule has 2 aromatic carbocycles. The van der Waals surface area contributed by atoms with E-state index in [4.69, 9.17) is 5.14 Å². The minimum Gasteiger partial charge on any atom is -0.388 e. The highest BCUT2D eigenvalue weighted by molar-refractivity contribution is 7.89. The molecule has 0 fully saturated rings. The standard InChI is InChI=1S/C12H14N2O2S.C2H6/c1-8-6-10-9(4-3-5-11(10)14-2)7-12(8)17(13,15)16;1-2/h3-7,14H,1-2H3,(H2,13,15,16);1-2H3. The van der Waals surface area contributed by atoms with Crippen molar-refractivity contribution in [3.05, 3.63) is 35.9 Å². The second-order valence-electron chi connectivity index (χ2n) is 3.94. The summed E-state index contributed by atoms with van der Waals surface area (Å²) in [5.74, 6) is 0. The topological polar surface area (TPSA) is 72.2 Å². The molecule has 0 aliphatic carbocycles. The zero-order valence-electron chi connectivity index (χ0n) is 11.7. The number of primary sulfonamides is 1. The van der Waals surface area contributed by atoms with E-state index in [1.807, 2.05) is 45.2 Å². The van der Waals surface area contributed by atoms with Crippen LogP contribution in [0, 0.1) is 6.92 Å². The van der Waals surface area contributed by atoms with Gasteiger partial charge in [-0.25, -0.2) is 13.6 Å². The number of anilines is 1. The van der Waals surface area contributed by atoms with Gasteiger partial charge in [0.1, 0.15) is 0 Å². The summed E-state index contributed by atoms with van der Waals surface area (Å²) in [5.41, 5.74) is 1.62. The molecule has 3 N–H and O–H groups in total.